The molecule has 1 aromatic heterocycles. The number of nitrogens with one attached hydrogen (secondary N) is 1. The molecule has 7 nitrogen and oxygen atoms in total. The largest absolute Gasteiger partial charge is 0.573 e. The molecule has 0 amide bonds. The lowest BCUT2D eigenvalue weighted by molar-refractivity contribution is -0.274. The van der Waals surface area contributed by atoms with Gasteiger partial charge in [0.25, 0.3) is 5.56 Å². The zero-order chi connectivity index (χ0) is 25.4. The second kappa shape index (κ2) is 16.0. The van der Waals surface area contributed by atoms with Gasteiger partial charge in [0.1, 0.15) is 17.3 Å². The summed E-state index contributed by atoms with van der Waals surface area (Å²) in [5, 5.41) is 9.90. The molecule has 0 atom stereocenters. The van der Waals surface area contributed by atoms with E-state index in [-0.39, 0.29) is 23.6 Å². The van der Waals surface area contributed by atoms with E-state index in [1.807, 2.05) is 37.5 Å². The van der Waals surface area contributed by atoms with E-state index in [1.54, 1.807) is 0 Å². The molecule has 0 bridgehead atoms. The second-order valence-electron chi connectivity index (χ2n) is 6.58. The molecular formula is C23H37F3N4O3. The molecule has 0 aliphatic carbocycles. The van der Waals surface area contributed by atoms with Gasteiger partial charge in [0.15, 0.2) is 0 Å². The van der Waals surface area contributed by atoms with Crippen LogP contribution in [0.2, 0.25) is 0 Å². The van der Waals surface area contributed by atoms with Crippen molar-refractivity contribution in [2.75, 3.05) is 31.1 Å². The number of rotatable bonds is 4. The predicted octanol–water partition coefficient (Wildman–Crippen LogP) is 5.17. The van der Waals surface area contributed by atoms with Gasteiger partial charge in [0.2, 0.25) is 0 Å². The maximum absolute atomic E-state index is 12.3. The number of anilines is 1. The molecule has 2 heterocycles. The van der Waals surface area contributed by atoms with Crippen LogP contribution in [-0.4, -0.2) is 52.5 Å². The van der Waals surface area contributed by atoms with Gasteiger partial charge in [-0.15, -0.1) is 13.2 Å². The first-order valence-corrected chi connectivity index (χ1v) is 11.3. The van der Waals surface area contributed by atoms with Crippen molar-refractivity contribution >= 4 is 5.82 Å². The van der Waals surface area contributed by atoms with Crippen LogP contribution in [0.1, 0.15) is 53.5 Å². The molecule has 33 heavy (non-hydrogen) atoms. The minimum Gasteiger partial charge on any atom is -0.508 e. The summed E-state index contributed by atoms with van der Waals surface area (Å²) in [4.78, 5) is 21.9. The highest BCUT2D eigenvalue weighted by Crippen LogP contribution is 2.29. The highest BCUT2D eigenvalue weighted by atomic mass is 19.4. The third kappa shape index (κ3) is 11.6. The number of aromatic amines is 1. The van der Waals surface area contributed by atoms with Gasteiger partial charge in [0, 0.05) is 44.4 Å². The Kier molecular flexibility index (Phi) is 14.6. The van der Waals surface area contributed by atoms with E-state index in [0.717, 1.165) is 6.07 Å². The summed E-state index contributed by atoms with van der Waals surface area (Å²) in [6, 6.07) is 4.86. The number of hydrogen-bond donors (Lipinski definition) is 2. The Morgan fingerprint density at radius 1 is 1.06 bits per heavy atom. The third-order valence-electron chi connectivity index (χ3n) is 4.04. The Hall–Kier alpha value is -2.75. The summed E-state index contributed by atoms with van der Waals surface area (Å²) >= 11 is 0. The number of hydrogen-bond acceptors (Lipinski definition) is 6. The predicted molar refractivity (Wildman–Crippen MR) is 126 cm³/mol. The summed E-state index contributed by atoms with van der Waals surface area (Å²) < 4.78 is 40.9. The van der Waals surface area contributed by atoms with Crippen LogP contribution < -0.4 is 15.2 Å². The molecule has 2 N–H and O–H groups in total. The normalized spacial score (nSPS) is 13.4. The number of halogens is 3. The van der Waals surface area contributed by atoms with Crippen LogP contribution in [0.4, 0.5) is 19.0 Å². The molecule has 1 aliphatic heterocycles. The van der Waals surface area contributed by atoms with E-state index in [0.29, 0.717) is 37.6 Å². The lowest BCUT2D eigenvalue weighted by atomic mass is 10.1. The molecule has 1 aromatic carbocycles. The number of piperazine rings is 1. The molecule has 1 fully saturated rings. The number of H-pyrrole nitrogens is 1. The minimum absolute atomic E-state index is 0.0850. The fourth-order valence-electron chi connectivity index (χ4n) is 2.79. The number of aromatic hydroxyl groups is 1. The van der Waals surface area contributed by atoms with Crippen LogP contribution >= 0.6 is 0 Å². The van der Waals surface area contributed by atoms with Gasteiger partial charge in [-0.1, -0.05) is 48.0 Å². The standard InChI is InChI=1S/C16H17F3N4O3.C3H8.2C2H6/c17-16(18,19)26-12-1-2-13(24)11(7-12)9-22-3-5-23(6-4-22)14-8-15(25)21-10-20-14;1-3-2;2*1-2/h1-2,7-8,10,24H,3-6,9H2,(H,20,21,25);3H2,1-2H3;2*1-2H3. The van der Waals surface area contributed by atoms with E-state index in [4.69, 9.17) is 0 Å². The zero-order valence-electron chi connectivity index (χ0n) is 20.4. The van der Waals surface area contributed by atoms with E-state index in [9.17, 15) is 23.1 Å². The summed E-state index contributed by atoms with van der Waals surface area (Å²) in [7, 11) is 0. The molecule has 0 saturated carbocycles. The molecule has 0 spiro atoms. The van der Waals surface area contributed by atoms with Gasteiger partial charge in [-0.2, -0.15) is 0 Å². The fraction of sp³-hybridized carbons (Fsp3) is 0.565. The Labute approximate surface area is 194 Å². The number of phenols is 1. The molecule has 188 valence electrons. The summed E-state index contributed by atoms with van der Waals surface area (Å²) in [6.45, 7) is 15.0. The lowest BCUT2D eigenvalue weighted by Crippen LogP contribution is -2.46. The number of benzene rings is 1. The van der Waals surface area contributed by atoms with Crippen molar-refractivity contribution in [3.05, 3.63) is 46.5 Å². The van der Waals surface area contributed by atoms with Crippen molar-refractivity contribution < 1.29 is 23.0 Å². The highest BCUT2D eigenvalue weighted by molar-refractivity contribution is 5.40. The summed E-state index contributed by atoms with van der Waals surface area (Å²) in [6.07, 6.45) is -2.19. The van der Waals surface area contributed by atoms with Crippen LogP contribution in [0, 0.1) is 0 Å². The van der Waals surface area contributed by atoms with Crippen molar-refractivity contribution in [3.8, 4) is 11.5 Å². The average molecular weight is 475 g/mol. The van der Waals surface area contributed by atoms with Crippen molar-refractivity contribution in [3.63, 3.8) is 0 Å². The quantitative estimate of drug-likeness (QED) is 0.637. The maximum atomic E-state index is 12.3. The fourth-order valence-corrected chi connectivity index (χ4v) is 2.79. The van der Waals surface area contributed by atoms with Crippen LogP contribution in [-0.2, 0) is 6.54 Å². The molecule has 0 radical (unpaired) electrons. The molecule has 1 aliphatic rings. The monoisotopic (exact) mass is 474 g/mol. The van der Waals surface area contributed by atoms with Crippen molar-refractivity contribution in [2.45, 2.75) is 60.9 Å². The van der Waals surface area contributed by atoms with Crippen LogP contribution in [0.25, 0.3) is 0 Å². The van der Waals surface area contributed by atoms with E-state index >= 15 is 0 Å². The average Bonchev–Trinajstić information content (AvgIpc) is 2.79. The summed E-state index contributed by atoms with van der Waals surface area (Å²) in [5.74, 6) is 0.131. The van der Waals surface area contributed by atoms with Crippen LogP contribution in [0.3, 0.4) is 0 Å². The van der Waals surface area contributed by atoms with Gasteiger partial charge in [-0.25, -0.2) is 4.98 Å². The van der Waals surface area contributed by atoms with Gasteiger partial charge in [0.05, 0.1) is 6.33 Å². The first-order valence-electron chi connectivity index (χ1n) is 11.3. The van der Waals surface area contributed by atoms with Crippen LogP contribution in [0.15, 0.2) is 35.4 Å². The Morgan fingerprint density at radius 3 is 2.15 bits per heavy atom. The van der Waals surface area contributed by atoms with Crippen molar-refractivity contribution in [1.29, 1.82) is 0 Å². The SMILES string of the molecule is CC.CC.CCC.O=c1cc(N2CCN(Cc3cc(OC(F)(F)F)ccc3O)CC2)nc[nH]1. The van der Waals surface area contributed by atoms with Gasteiger partial charge in [-0.3, -0.25) is 9.69 Å². The zero-order valence-corrected chi connectivity index (χ0v) is 20.4. The first kappa shape index (κ1) is 30.2. The minimum atomic E-state index is -4.78. The molecule has 2 aromatic rings. The molecule has 3 rings (SSSR count). The maximum Gasteiger partial charge on any atom is 0.573 e. The van der Waals surface area contributed by atoms with E-state index < -0.39 is 6.36 Å². The molecule has 10 heteroatoms. The second-order valence-corrected chi connectivity index (χ2v) is 6.58. The van der Waals surface area contributed by atoms with Crippen molar-refractivity contribution in [2.24, 2.45) is 0 Å². The van der Waals surface area contributed by atoms with Crippen LogP contribution in [0.5, 0.6) is 11.5 Å². The number of aromatic nitrogens is 2. The Bertz CT molecular complexity index is 836. The van der Waals surface area contributed by atoms with Crippen molar-refractivity contribution in [1.82, 2.24) is 14.9 Å². The number of alkyl halides is 3. The highest BCUT2D eigenvalue weighted by Gasteiger charge is 2.31. The van der Waals surface area contributed by atoms with Gasteiger partial charge < -0.3 is 19.7 Å². The number of ether oxygens (including phenoxy) is 1. The number of phenolic OH excluding ortho intramolecular Hbond substituents is 1. The summed E-state index contributed by atoms with van der Waals surface area (Å²) in [5.41, 5.74) is 0.123. The molecule has 1 saturated heterocycles. The lowest BCUT2D eigenvalue weighted by Gasteiger charge is -2.35. The number of nitrogens with zero attached hydrogens (tertiary/aromatic N) is 3. The van der Waals surface area contributed by atoms with E-state index in [1.165, 1.54) is 30.9 Å². The molecular weight excluding hydrogens is 437 g/mol. The van der Waals surface area contributed by atoms with Gasteiger partial charge in [-0.05, 0) is 18.2 Å². The smallest absolute Gasteiger partial charge is 0.508 e. The topological polar surface area (TPSA) is 81.7 Å². The Morgan fingerprint density at radius 2 is 1.64 bits per heavy atom. The van der Waals surface area contributed by atoms with Gasteiger partial charge >= 0.3 is 6.36 Å². The van der Waals surface area contributed by atoms with E-state index in [2.05, 4.69) is 28.6 Å². The third-order valence-corrected chi connectivity index (χ3v) is 4.04. The molecule has 0 unspecified atom stereocenters. The Balaban J connectivity index is 0.00000132. The first-order chi connectivity index (χ1) is 15.7.